The van der Waals surface area contributed by atoms with Gasteiger partial charge in [-0.05, 0) is 32.9 Å². The number of hydrogen-bond donors (Lipinski definition) is 0. The van der Waals surface area contributed by atoms with E-state index < -0.39 is 0 Å². The smallest absolute Gasteiger partial charge is 0.206 e. The predicted octanol–water partition coefficient (Wildman–Crippen LogP) is 4.88. The molecule has 3 heterocycles. The Labute approximate surface area is 193 Å². The van der Waals surface area contributed by atoms with Gasteiger partial charge in [0.15, 0.2) is 5.82 Å². The van der Waals surface area contributed by atoms with Gasteiger partial charge in [-0.25, -0.2) is 9.98 Å². The topological polar surface area (TPSA) is 71.6 Å². The van der Waals surface area contributed by atoms with E-state index in [2.05, 4.69) is 28.9 Å². The summed E-state index contributed by atoms with van der Waals surface area (Å²) in [6, 6.07) is 24.0. The highest BCUT2D eigenvalue weighted by Crippen LogP contribution is 2.27. The molecule has 4 aromatic rings. The maximum atomic E-state index is 5.00. The average molecular weight is 436 g/mol. The van der Waals surface area contributed by atoms with Crippen LogP contribution in [0.3, 0.4) is 0 Å². The van der Waals surface area contributed by atoms with E-state index in [0.29, 0.717) is 17.4 Å². The number of aryl methyl sites for hydroxylation is 1. The van der Waals surface area contributed by atoms with Crippen molar-refractivity contribution in [1.29, 1.82) is 0 Å². The van der Waals surface area contributed by atoms with Crippen molar-refractivity contribution in [3.05, 3.63) is 89.9 Å². The van der Waals surface area contributed by atoms with Gasteiger partial charge >= 0.3 is 0 Å². The van der Waals surface area contributed by atoms with Crippen LogP contribution in [0.15, 0.2) is 82.9 Å². The minimum absolute atomic E-state index is 0.625. The van der Waals surface area contributed by atoms with Crippen LogP contribution in [-0.2, 0) is 0 Å². The van der Waals surface area contributed by atoms with Crippen LogP contribution in [0.2, 0.25) is 0 Å². The number of rotatable bonds is 6. The summed E-state index contributed by atoms with van der Waals surface area (Å²) >= 11 is 0. The lowest BCUT2D eigenvalue weighted by molar-refractivity contribution is 0.842. The number of nitrogens with zero attached hydrogens (tertiary/aromatic N) is 7. The minimum Gasteiger partial charge on any atom is -0.357 e. The van der Waals surface area contributed by atoms with E-state index in [-0.39, 0.29) is 0 Å². The lowest BCUT2D eigenvalue weighted by Crippen LogP contribution is -2.23. The van der Waals surface area contributed by atoms with Crippen molar-refractivity contribution >= 4 is 22.9 Å². The van der Waals surface area contributed by atoms with Crippen molar-refractivity contribution in [1.82, 2.24) is 19.9 Å². The molecule has 0 fully saturated rings. The number of hydrogen-bond acceptors (Lipinski definition) is 6. The Balaban J connectivity index is 1.63. The summed E-state index contributed by atoms with van der Waals surface area (Å²) in [6.45, 7) is 8.07. The molecule has 1 aliphatic heterocycles. The summed E-state index contributed by atoms with van der Waals surface area (Å²) < 4.78 is 1.78. The lowest BCUT2D eigenvalue weighted by Gasteiger charge is -2.20. The molecule has 164 valence electrons. The average Bonchev–Trinajstić information content (AvgIpc) is 3.43. The zero-order valence-corrected chi connectivity index (χ0v) is 19.0. The minimum atomic E-state index is 0.625. The van der Waals surface area contributed by atoms with Crippen molar-refractivity contribution in [2.75, 3.05) is 18.0 Å². The molecule has 7 heteroatoms. The van der Waals surface area contributed by atoms with Crippen LogP contribution in [0.25, 0.3) is 11.4 Å². The Morgan fingerprint density at radius 3 is 2.06 bits per heavy atom. The first kappa shape index (κ1) is 20.8. The van der Waals surface area contributed by atoms with Crippen molar-refractivity contribution in [2.45, 2.75) is 20.8 Å². The lowest BCUT2D eigenvalue weighted by atomic mass is 10.1. The van der Waals surface area contributed by atoms with Gasteiger partial charge in [-0.3, -0.25) is 0 Å². The molecule has 0 radical (unpaired) electrons. The Kier molecular flexibility index (Phi) is 5.52. The van der Waals surface area contributed by atoms with Crippen LogP contribution in [0.1, 0.15) is 30.9 Å². The predicted molar refractivity (Wildman–Crippen MR) is 133 cm³/mol. The van der Waals surface area contributed by atoms with Crippen LogP contribution in [-0.4, -0.2) is 44.4 Å². The van der Waals surface area contributed by atoms with Crippen molar-refractivity contribution in [3.63, 3.8) is 0 Å². The highest BCUT2D eigenvalue weighted by Gasteiger charge is 2.30. The Bertz CT molecular complexity index is 1330. The molecule has 7 nitrogen and oxygen atoms in total. The molecular weight excluding hydrogens is 410 g/mol. The quantitative estimate of drug-likeness (QED) is 0.433. The molecule has 5 rings (SSSR count). The van der Waals surface area contributed by atoms with E-state index in [4.69, 9.17) is 15.1 Å². The number of benzene rings is 2. The summed E-state index contributed by atoms with van der Waals surface area (Å²) in [7, 11) is 0. The Morgan fingerprint density at radius 1 is 0.788 bits per heavy atom. The molecule has 0 bridgehead atoms. The van der Waals surface area contributed by atoms with Crippen molar-refractivity contribution < 1.29 is 0 Å². The van der Waals surface area contributed by atoms with Gasteiger partial charge in [0.2, 0.25) is 5.82 Å². The van der Waals surface area contributed by atoms with E-state index >= 15 is 0 Å². The van der Waals surface area contributed by atoms with Crippen LogP contribution in [0, 0.1) is 6.92 Å². The summed E-state index contributed by atoms with van der Waals surface area (Å²) in [6.07, 6.45) is 0. The van der Waals surface area contributed by atoms with Crippen molar-refractivity contribution in [2.24, 2.45) is 10.1 Å². The van der Waals surface area contributed by atoms with E-state index in [1.54, 1.807) is 4.68 Å². The number of aromatic nitrogens is 4. The molecule has 0 amide bonds. The van der Waals surface area contributed by atoms with E-state index in [1.165, 1.54) is 0 Å². The van der Waals surface area contributed by atoms with Gasteiger partial charge in [-0.15, -0.1) is 10.2 Å². The molecule has 0 atom stereocenters. The fraction of sp³-hybridized carbons (Fsp3) is 0.192. The third kappa shape index (κ3) is 3.82. The second kappa shape index (κ2) is 8.78. The number of aliphatic imine (C=N–C) groups is 1. The fourth-order valence-electron chi connectivity index (χ4n) is 3.94. The van der Waals surface area contributed by atoms with Gasteiger partial charge in [0.05, 0.1) is 11.4 Å². The summed E-state index contributed by atoms with van der Waals surface area (Å²) in [5.74, 6) is 2.27. The van der Waals surface area contributed by atoms with Gasteiger partial charge in [0, 0.05) is 24.2 Å². The monoisotopic (exact) mass is 435 g/mol. The van der Waals surface area contributed by atoms with E-state index in [1.807, 2.05) is 79.7 Å². The zero-order chi connectivity index (χ0) is 22.8. The summed E-state index contributed by atoms with van der Waals surface area (Å²) in [5, 5.41) is 13.8. The highest BCUT2D eigenvalue weighted by molar-refractivity contribution is 6.54. The van der Waals surface area contributed by atoms with Crippen LogP contribution in [0.4, 0.5) is 11.5 Å². The molecule has 0 aliphatic carbocycles. The van der Waals surface area contributed by atoms with E-state index in [0.717, 1.165) is 47.1 Å². The fourth-order valence-corrected chi connectivity index (χ4v) is 3.94. The SMILES string of the molecule is CCN(CC)c1ccc(/N=C2\C(c3ccccc3)=Nn3c2nnc3-c2ccccc2)c(C)n1. The molecule has 0 unspecified atom stereocenters. The van der Waals surface area contributed by atoms with Gasteiger partial charge < -0.3 is 4.90 Å². The van der Waals surface area contributed by atoms with Gasteiger partial charge in [-0.1, -0.05) is 60.7 Å². The molecule has 2 aromatic carbocycles. The first-order valence-electron chi connectivity index (χ1n) is 11.2. The Hall–Kier alpha value is -4.13. The largest absolute Gasteiger partial charge is 0.357 e. The first-order chi connectivity index (χ1) is 16.2. The standard InChI is InChI=1S/C26H25N7/c1-4-32(5-2)22-17-16-21(18(3)27-22)28-24-23(19-12-8-6-9-13-19)31-33-25(29-30-26(24)33)20-14-10-7-11-15-20/h6-17H,4-5H2,1-3H3/b28-24+. The Morgan fingerprint density at radius 2 is 1.42 bits per heavy atom. The molecule has 33 heavy (non-hydrogen) atoms. The summed E-state index contributed by atoms with van der Waals surface area (Å²) in [5.41, 5.74) is 5.05. The third-order valence-electron chi connectivity index (χ3n) is 5.72. The molecule has 0 saturated carbocycles. The number of fused-ring (bicyclic) bond motifs is 1. The summed E-state index contributed by atoms with van der Waals surface area (Å²) in [4.78, 5) is 12.0. The van der Waals surface area contributed by atoms with Gasteiger partial charge in [-0.2, -0.15) is 9.78 Å². The van der Waals surface area contributed by atoms with E-state index in [9.17, 15) is 0 Å². The highest BCUT2D eigenvalue weighted by atomic mass is 15.5. The number of anilines is 1. The van der Waals surface area contributed by atoms with Crippen LogP contribution < -0.4 is 4.90 Å². The maximum absolute atomic E-state index is 5.00. The molecule has 0 spiro atoms. The number of pyridine rings is 1. The second-order valence-electron chi connectivity index (χ2n) is 7.75. The maximum Gasteiger partial charge on any atom is 0.206 e. The van der Waals surface area contributed by atoms with Crippen LogP contribution in [0.5, 0.6) is 0 Å². The van der Waals surface area contributed by atoms with Gasteiger partial charge in [0.25, 0.3) is 0 Å². The molecular formula is C26H25N7. The van der Waals surface area contributed by atoms with Crippen LogP contribution >= 0.6 is 0 Å². The van der Waals surface area contributed by atoms with Gasteiger partial charge in [0.1, 0.15) is 17.2 Å². The third-order valence-corrected chi connectivity index (χ3v) is 5.72. The molecule has 2 aromatic heterocycles. The first-order valence-corrected chi connectivity index (χ1v) is 11.2. The van der Waals surface area contributed by atoms with Crippen molar-refractivity contribution in [3.8, 4) is 11.4 Å². The second-order valence-corrected chi connectivity index (χ2v) is 7.75. The molecule has 0 N–H and O–H groups in total. The molecule has 0 saturated heterocycles. The zero-order valence-electron chi connectivity index (χ0n) is 19.0. The molecule has 1 aliphatic rings. The normalized spacial score (nSPS) is 13.8.